The van der Waals surface area contributed by atoms with Gasteiger partial charge in [0.25, 0.3) is 0 Å². The normalized spacial score (nSPS) is 34.2. The Bertz CT molecular complexity index is 294. The maximum Gasteiger partial charge on any atom is 0.137 e. The van der Waals surface area contributed by atoms with Gasteiger partial charge in [0, 0.05) is 24.1 Å². The van der Waals surface area contributed by atoms with E-state index >= 15 is 0 Å². The Hall–Kier alpha value is -0.0200. The van der Waals surface area contributed by atoms with Gasteiger partial charge >= 0.3 is 0 Å². The number of carbonyl (C=O) groups is 1. The van der Waals surface area contributed by atoms with Gasteiger partial charge in [0.05, 0.1) is 0 Å². The first-order valence-electron chi connectivity index (χ1n) is 8.00. The Kier molecular flexibility index (Phi) is 6.21. The third-order valence-electron chi connectivity index (χ3n) is 5.03. The smallest absolute Gasteiger partial charge is 0.137 e. The van der Waals surface area contributed by atoms with Crippen LogP contribution in [-0.2, 0) is 4.79 Å². The van der Waals surface area contributed by atoms with Crippen molar-refractivity contribution in [3.05, 3.63) is 0 Å². The second-order valence-corrected chi connectivity index (χ2v) is 7.44. The summed E-state index contributed by atoms with van der Waals surface area (Å²) in [6.45, 7) is 5.71. The maximum absolute atomic E-state index is 12.1. The minimum Gasteiger partial charge on any atom is -0.303 e. The molecule has 0 amide bonds. The monoisotopic (exact) mass is 283 g/mol. The second kappa shape index (κ2) is 7.68. The van der Waals surface area contributed by atoms with E-state index in [4.69, 9.17) is 0 Å². The second-order valence-electron chi connectivity index (χ2n) is 6.30. The minimum absolute atomic E-state index is 0.338. The standard InChI is InChI=1S/C16H29NOS/c1-3-13-6-7-16(18)14(11-13)12-17-9-4-5-15(19-2)8-10-17/h13-15H,3-12H2,1-2H3. The highest BCUT2D eigenvalue weighted by Crippen LogP contribution is 2.30. The average molecular weight is 283 g/mol. The van der Waals surface area contributed by atoms with Crippen LogP contribution in [0.4, 0.5) is 0 Å². The van der Waals surface area contributed by atoms with Crippen LogP contribution in [0, 0.1) is 11.8 Å². The lowest BCUT2D eigenvalue weighted by atomic mass is 9.79. The van der Waals surface area contributed by atoms with Gasteiger partial charge in [0.15, 0.2) is 0 Å². The van der Waals surface area contributed by atoms with Crippen LogP contribution >= 0.6 is 11.8 Å². The molecule has 0 bridgehead atoms. The molecule has 2 nitrogen and oxygen atoms in total. The van der Waals surface area contributed by atoms with Gasteiger partial charge in [-0.1, -0.05) is 13.3 Å². The Balaban J connectivity index is 1.83. The number of rotatable bonds is 4. The molecule has 0 spiro atoms. The van der Waals surface area contributed by atoms with E-state index in [0.29, 0.717) is 11.7 Å². The molecular weight excluding hydrogens is 254 g/mol. The van der Waals surface area contributed by atoms with Crippen LogP contribution in [0.1, 0.15) is 51.9 Å². The van der Waals surface area contributed by atoms with Crippen molar-refractivity contribution in [1.29, 1.82) is 0 Å². The summed E-state index contributed by atoms with van der Waals surface area (Å²) in [7, 11) is 0. The number of hydrogen-bond donors (Lipinski definition) is 0. The van der Waals surface area contributed by atoms with Crippen LogP contribution in [0.15, 0.2) is 0 Å². The van der Waals surface area contributed by atoms with E-state index in [0.717, 1.165) is 37.0 Å². The summed E-state index contributed by atoms with van der Waals surface area (Å²) in [6, 6.07) is 0. The summed E-state index contributed by atoms with van der Waals surface area (Å²) in [5.41, 5.74) is 0. The first-order chi connectivity index (χ1) is 9.22. The lowest BCUT2D eigenvalue weighted by Gasteiger charge is -2.31. The molecule has 1 saturated heterocycles. The summed E-state index contributed by atoms with van der Waals surface area (Å²) in [5, 5.41) is 0.843. The average Bonchev–Trinajstić information content (AvgIpc) is 2.66. The molecule has 1 aliphatic heterocycles. The van der Waals surface area contributed by atoms with Gasteiger partial charge in [-0.15, -0.1) is 0 Å². The van der Waals surface area contributed by atoms with E-state index in [2.05, 4.69) is 18.1 Å². The van der Waals surface area contributed by atoms with Gasteiger partial charge in [-0.3, -0.25) is 4.79 Å². The molecule has 3 atom stereocenters. The highest BCUT2D eigenvalue weighted by atomic mass is 32.2. The van der Waals surface area contributed by atoms with Gasteiger partial charge in [-0.2, -0.15) is 11.8 Å². The lowest BCUT2D eigenvalue weighted by molar-refractivity contribution is -0.126. The van der Waals surface area contributed by atoms with E-state index in [9.17, 15) is 4.79 Å². The Morgan fingerprint density at radius 3 is 2.84 bits per heavy atom. The summed E-state index contributed by atoms with van der Waals surface area (Å²) >= 11 is 2.02. The van der Waals surface area contributed by atoms with E-state index in [1.807, 2.05) is 11.8 Å². The molecule has 3 heteroatoms. The number of nitrogens with zero attached hydrogens (tertiary/aromatic N) is 1. The van der Waals surface area contributed by atoms with Crippen molar-refractivity contribution in [3.8, 4) is 0 Å². The molecule has 19 heavy (non-hydrogen) atoms. The number of likely N-dealkylation sites (tertiary alicyclic amines) is 1. The fourth-order valence-corrected chi connectivity index (χ4v) is 4.35. The van der Waals surface area contributed by atoms with Crippen LogP contribution < -0.4 is 0 Å². The topological polar surface area (TPSA) is 20.3 Å². The Morgan fingerprint density at radius 2 is 2.11 bits per heavy atom. The van der Waals surface area contributed by atoms with Crippen LogP contribution in [0.3, 0.4) is 0 Å². The molecule has 1 aliphatic carbocycles. The van der Waals surface area contributed by atoms with Crippen molar-refractivity contribution in [2.45, 2.75) is 57.1 Å². The van der Waals surface area contributed by atoms with Crippen LogP contribution in [0.5, 0.6) is 0 Å². The van der Waals surface area contributed by atoms with Crippen molar-refractivity contribution >= 4 is 17.5 Å². The molecule has 0 N–H and O–H groups in total. The maximum atomic E-state index is 12.1. The Labute approximate surface area is 122 Å². The van der Waals surface area contributed by atoms with Crippen LogP contribution in [0.25, 0.3) is 0 Å². The number of carbonyl (C=O) groups excluding carboxylic acids is 1. The van der Waals surface area contributed by atoms with Crippen molar-refractivity contribution in [1.82, 2.24) is 4.90 Å². The lowest BCUT2D eigenvalue weighted by Crippen LogP contribution is -2.37. The number of hydrogen-bond acceptors (Lipinski definition) is 3. The molecule has 0 radical (unpaired) electrons. The molecule has 0 aromatic carbocycles. The highest BCUT2D eigenvalue weighted by molar-refractivity contribution is 7.99. The van der Waals surface area contributed by atoms with Gasteiger partial charge in [0.2, 0.25) is 0 Å². The molecule has 2 fully saturated rings. The largest absolute Gasteiger partial charge is 0.303 e. The van der Waals surface area contributed by atoms with Crippen molar-refractivity contribution in [2.24, 2.45) is 11.8 Å². The minimum atomic E-state index is 0.338. The molecule has 1 saturated carbocycles. The zero-order valence-electron chi connectivity index (χ0n) is 12.6. The van der Waals surface area contributed by atoms with E-state index in [1.54, 1.807) is 0 Å². The first kappa shape index (κ1) is 15.4. The molecule has 3 unspecified atom stereocenters. The number of Topliss-reactive ketones (excluding diaryl/α,β-unsaturated/α-hetero) is 1. The third kappa shape index (κ3) is 4.49. The van der Waals surface area contributed by atoms with E-state index in [1.165, 1.54) is 38.8 Å². The predicted octanol–water partition coefficient (Wildman–Crippen LogP) is 3.60. The molecule has 0 aromatic rings. The van der Waals surface area contributed by atoms with Gasteiger partial charge in [0.1, 0.15) is 5.78 Å². The van der Waals surface area contributed by atoms with Crippen molar-refractivity contribution in [2.75, 3.05) is 25.9 Å². The number of ketones is 1. The van der Waals surface area contributed by atoms with Gasteiger partial charge in [-0.25, -0.2) is 0 Å². The molecule has 1 heterocycles. The van der Waals surface area contributed by atoms with E-state index < -0.39 is 0 Å². The van der Waals surface area contributed by atoms with Crippen LogP contribution in [-0.4, -0.2) is 41.8 Å². The van der Waals surface area contributed by atoms with Gasteiger partial charge < -0.3 is 4.90 Å². The molecule has 110 valence electrons. The zero-order valence-corrected chi connectivity index (χ0v) is 13.4. The highest BCUT2D eigenvalue weighted by Gasteiger charge is 2.29. The third-order valence-corrected chi connectivity index (χ3v) is 6.17. The Morgan fingerprint density at radius 1 is 1.26 bits per heavy atom. The predicted molar refractivity (Wildman–Crippen MR) is 83.7 cm³/mol. The summed E-state index contributed by atoms with van der Waals surface area (Å²) in [5.74, 6) is 1.67. The molecule has 0 aromatic heterocycles. The number of thioether (sulfide) groups is 1. The van der Waals surface area contributed by atoms with Crippen LogP contribution in [0.2, 0.25) is 0 Å². The molecule has 2 rings (SSSR count). The SMILES string of the molecule is CCC1CCC(=O)C(CN2CCCC(SC)CC2)C1. The quantitative estimate of drug-likeness (QED) is 0.786. The van der Waals surface area contributed by atoms with Crippen molar-refractivity contribution < 1.29 is 4.79 Å². The zero-order chi connectivity index (χ0) is 13.7. The molecular formula is C16H29NOS. The van der Waals surface area contributed by atoms with Crippen molar-refractivity contribution in [3.63, 3.8) is 0 Å². The summed E-state index contributed by atoms with van der Waals surface area (Å²) in [6.07, 6.45) is 10.6. The molecule has 2 aliphatic rings. The van der Waals surface area contributed by atoms with Gasteiger partial charge in [-0.05, 0) is 57.4 Å². The fourth-order valence-electron chi connectivity index (χ4n) is 3.60. The summed E-state index contributed by atoms with van der Waals surface area (Å²) < 4.78 is 0. The van der Waals surface area contributed by atoms with E-state index in [-0.39, 0.29) is 0 Å². The fraction of sp³-hybridized carbons (Fsp3) is 0.938. The first-order valence-corrected chi connectivity index (χ1v) is 9.29. The summed E-state index contributed by atoms with van der Waals surface area (Å²) in [4.78, 5) is 14.7.